The fourth-order valence-corrected chi connectivity index (χ4v) is 3.86. The molecular formula is C19H28N2O5S. The first-order valence-electron chi connectivity index (χ1n) is 9.12. The molecule has 1 aromatic carbocycles. The van der Waals surface area contributed by atoms with Crippen molar-refractivity contribution in [2.75, 3.05) is 0 Å². The minimum Gasteiger partial charge on any atom is -0.444 e. The van der Waals surface area contributed by atoms with Gasteiger partial charge < -0.3 is 4.74 Å². The predicted octanol–water partition coefficient (Wildman–Crippen LogP) is 2.72. The van der Waals surface area contributed by atoms with Gasteiger partial charge in [0.25, 0.3) is 0 Å². The van der Waals surface area contributed by atoms with Crippen molar-refractivity contribution in [3.05, 3.63) is 35.9 Å². The Kier molecular flexibility index (Phi) is 7.00. The molecule has 1 fully saturated rings. The second kappa shape index (κ2) is 8.84. The van der Waals surface area contributed by atoms with Crippen LogP contribution in [0.2, 0.25) is 0 Å². The van der Waals surface area contributed by atoms with Gasteiger partial charge in [0.15, 0.2) is 0 Å². The van der Waals surface area contributed by atoms with Crippen molar-refractivity contribution in [2.24, 2.45) is 5.92 Å². The maximum absolute atomic E-state index is 12.2. The second-order valence-corrected chi connectivity index (χ2v) is 10.3. The summed E-state index contributed by atoms with van der Waals surface area (Å²) in [5.74, 6) is -0.685. The highest BCUT2D eigenvalue weighted by atomic mass is 32.2. The highest BCUT2D eigenvalue weighted by Crippen LogP contribution is 2.26. The summed E-state index contributed by atoms with van der Waals surface area (Å²) in [6.45, 7) is 5.04. The van der Waals surface area contributed by atoms with Gasteiger partial charge in [-0.05, 0) is 52.0 Å². The van der Waals surface area contributed by atoms with Gasteiger partial charge in [-0.1, -0.05) is 30.3 Å². The zero-order valence-electron chi connectivity index (χ0n) is 16.0. The molecule has 2 N–H and O–H groups in total. The van der Waals surface area contributed by atoms with Crippen LogP contribution in [0.3, 0.4) is 0 Å². The molecule has 2 amide bonds. The minimum absolute atomic E-state index is 0.0985. The maximum atomic E-state index is 12.2. The summed E-state index contributed by atoms with van der Waals surface area (Å²) in [6.07, 6.45) is 1.41. The first-order chi connectivity index (χ1) is 12.6. The van der Waals surface area contributed by atoms with Crippen LogP contribution in [0.25, 0.3) is 0 Å². The lowest BCUT2D eigenvalue weighted by molar-refractivity contribution is -0.125. The zero-order chi connectivity index (χ0) is 20.1. The molecule has 0 spiro atoms. The molecule has 0 atom stereocenters. The highest BCUT2D eigenvalue weighted by Gasteiger charge is 2.34. The van der Waals surface area contributed by atoms with Gasteiger partial charge in [0.05, 0.1) is 4.75 Å². The van der Waals surface area contributed by atoms with E-state index in [4.69, 9.17) is 4.74 Å². The molecule has 0 aromatic heterocycles. The van der Waals surface area contributed by atoms with E-state index >= 15 is 0 Å². The van der Waals surface area contributed by atoms with Crippen molar-refractivity contribution in [1.29, 1.82) is 0 Å². The number of alkyl carbamates (subject to hydrolysis) is 1. The molecule has 1 aliphatic carbocycles. The number of hydrogen-bond acceptors (Lipinski definition) is 5. The number of amides is 2. The van der Waals surface area contributed by atoms with E-state index < -0.39 is 20.9 Å². The quantitative estimate of drug-likeness (QED) is 0.797. The summed E-state index contributed by atoms with van der Waals surface area (Å²) in [4.78, 5) is 24.0. The molecule has 1 aromatic rings. The summed E-state index contributed by atoms with van der Waals surface area (Å²) in [5.41, 5.74) is 0.840. The summed E-state index contributed by atoms with van der Waals surface area (Å²) in [6, 6.07) is 9.03. The third kappa shape index (κ3) is 6.32. The third-order valence-corrected chi connectivity index (χ3v) is 6.92. The molecule has 2 rings (SSSR count). The minimum atomic E-state index is -3.41. The van der Waals surface area contributed by atoms with E-state index in [1.54, 1.807) is 20.8 Å². The average Bonchev–Trinajstić information content (AvgIpc) is 2.60. The number of sulfonamides is 1. The van der Waals surface area contributed by atoms with Gasteiger partial charge in [-0.2, -0.15) is 0 Å². The van der Waals surface area contributed by atoms with Crippen molar-refractivity contribution in [1.82, 2.24) is 10.0 Å². The first-order valence-corrected chi connectivity index (χ1v) is 10.6. The summed E-state index contributed by atoms with van der Waals surface area (Å²) in [7, 11) is -3.41. The molecule has 0 saturated heterocycles. The van der Waals surface area contributed by atoms with E-state index in [-0.39, 0.29) is 24.5 Å². The normalized spacial score (nSPS) is 20.7. The van der Waals surface area contributed by atoms with E-state index in [1.165, 1.54) is 0 Å². The van der Waals surface area contributed by atoms with Crippen molar-refractivity contribution in [3.8, 4) is 0 Å². The second-order valence-electron chi connectivity index (χ2n) is 7.83. The summed E-state index contributed by atoms with van der Waals surface area (Å²) in [5, 5.41) is 2.27. The molecule has 7 nitrogen and oxygen atoms in total. The number of nitrogens with one attached hydrogen (secondary N) is 2. The Balaban J connectivity index is 1.75. The SMILES string of the molecule is CC(C)(C)S(=O)(=O)N[C@H]1CC[C@H](C(=O)NC(=O)OCc2ccccc2)CC1. The monoisotopic (exact) mass is 396 g/mol. The number of hydrogen-bond donors (Lipinski definition) is 2. The van der Waals surface area contributed by atoms with E-state index in [2.05, 4.69) is 10.0 Å². The molecule has 0 radical (unpaired) electrons. The Morgan fingerprint density at radius 1 is 1.07 bits per heavy atom. The molecule has 1 saturated carbocycles. The molecule has 8 heteroatoms. The van der Waals surface area contributed by atoms with Gasteiger partial charge in [-0.25, -0.2) is 17.9 Å². The van der Waals surface area contributed by atoms with Crippen LogP contribution in [-0.2, 0) is 26.2 Å². The molecule has 0 aliphatic heterocycles. The number of benzene rings is 1. The van der Waals surface area contributed by atoms with Crippen molar-refractivity contribution < 1.29 is 22.7 Å². The number of carbonyl (C=O) groups is 2. The van der Waals surface area contributed by atoms with Crippen LogP contribution in [0, 0.1) is 5.92 Å². The van der Waals surface area contributed by atoms with Gasteiger partial charge in [0, 0.05) is 12.0 Å². The molecule has 27 heavy (non-hydrogen) atoms. The number of imide groups is 1. The van der Waals surface area contributed by atoms with Gasteiger partial charge in [0.2, 0.25) is 15.9 Å². The van der Waals surface area contributed by atoms with Gasteiger partial charge in [0.1, 0.15) is 6.61 Å². The van der Waals surface area contributed by atoms with Crippen LogP contribution >= 0.6 is 0 Å². The Labute approximate surface area is 160 Å². The standard InChI is InChI=1S/C19H28N2O5S/c1-19(2,3)27(24,25)21-16-11-9-15(10-12-16)17(22)20-18(23)26-13-14-7-5-4-6-8-14/h4-8,15-16,21H,9-13H2,1-3H3,(H,20,22,23)/t15-,16-. The average molecular weight is 397 g/mol. The lowest BCUT2D eigenvalue weighted by atomic mass is 9.86. The molecule has 150 valence electrons. The van der Waals surface area contributed by atoms with E-state index in [9.17, 15) is 18.0 Å². The molecule has 1 aliphatic rings. The number of carbonyl (C=O) groups excluding carboxylic acids is 2. The van der Waals surface area contributed by atoms with Crippen LogP contribution < -0.4 is 10.0 Å². The van der Waals surface area contributed by atoms with E-state index in [0.29, 0.717) is 25.7 Å². The predicted molar refractivity (Wildman–Crippen MR) is 102 cm³/mol. The molecule has 0 bridgehead atoms. The van der Waals surface area contributed by atoms with Gasteiger partial charge in [-0.3, -0.25) is 10.1 Å². The number of rotatable bonds is 5. The fourth-order valence-electron chi connectivity index (χ4n) is 2.83. The summed E-state index contributed by atoms with van der Waals surface area (Å²) >= 11 is 0. The zero-order valence-corrected chi connectivity index (χ0v) is 16.8. The smallest absolute Gasteiger partial charge is 0.414 e. The Morgan fingerprint density at radius 2 is 1.67 bits per heavy atom. The van der Waals surface area contributed by atoms with Crippen molar-refractivity contribution in [3.63, 3.8) is 0 Å². The van der Waals surface area contributed by atoms with Crippen LogP contribution in [0.15, 0.2) is 30.3 Å². The van der Waals surface area contributed by atoms with Crippen LogP contribution in [0.4, 0.5) is 4.79 Å². The first kappa shape index (κ1) is 21.4. The van der Waals surface area contributed by atoms with Crippen molar-refractivity contribution in [2.45, 2.75) is 63.9 Å². The van der Waals surface area contributed by atoms with Gasteiger partial charge >= 0.3 is 6.09 Å². The topological polar surface area (TPSA) is 102 Å². The third-order valence-electron chi connectivity index (χ3n) is 4.66. The highest BCUT2D eigenvalue weighted by molar-refractivity contribution is 7.90. The molecule has 0 heterocycles. The molecular weight excluding hydrogens is 368 g/mol. The van der Waals surface area contributed by atoms with Gasteiger partial charge in [-0.15, -0.1) is 0 Å². The Hall–Kier alpha value is -1.93. The van der Waals surface area contributed by atoms with E-state index in [1.807, 2.05) is 30.3 Å². The number of ether oxygens (including phenoxy) is 1. The fraction of sp³-hybridized carbons (Fsp3) is 0.579. The van der Waals surface area contributed by atoms with E-state index in [0.717, 1.165) is 5.56 Å². The van der Waals surface area contributed by atoms with Crippen LogP contribution in [0.1, 0.15) is 52.0 Å². The maximum Gasteiger partial charge on any atom is 0.414 e. The van der Waals surface area contributed by atoms with Crippen LogP contribution in [0.5, 0.6) is 0 Å². The lowest BCUT2D eigenvalue weighted by Gasteiger charge is -2.30. The Bertz CT molecular complexity index is 748. The lowest BCUT2D eigenvalue weighted by Crippen LogP contribution is -2.47. The van der Waals surface area contributed by atoms with Crippen LogP contribution in [-0.4, -0.2) is 31.2 Å². The molecule has 0 unspecified atom stereocenters. The Morgan fingerprint density at radius 3 is 2.22 bits per heavy atom. The summed E-state index contributed by atoms with van der Waals surface area (Å²) < 4.78 is 31.3. The van der Waals surface area contributed by atoms with Crippen molar-refractivity contribution >= 4 is 22.0 Å². The largest absolute Gasteiger partial charge is 0.444 e.